The number of aromatic nitrogens is 1. The molecule has 0 aromatic carbocycles. The number of rotatable bonds is 3. The topological polar surface area (TPSA) is 63.2 Å². The molecule has 0 aliphatic heterocycles. The summed E-state index contributed by atoms with van der Waals surface area (Å²) in [6, 6.07) is 3.34. The number of alkyl carbamates (subject to hydrolysis) is 1. The van der Waals surface area contributed by atoms with Gasteiger partial charge < -0.3 is 15.4 Å². The molecule has 1 fully saturated rings. The molecule has 1 saturated carbocycles. The second kappa shape index (κ2) is 6.94. The van der Waals surface area contributed by atoms with Gasteiger partial charge in [0, 0.05) is 12.1 Å². The second-order valence-corrected chi connectivity index (χ2v) is 6.72. The zero-order valence-electron chi connectivity index (χ0n) is 13.4. The number of hydrogen-bond donors (Lipinski definition) is 2. The first kappa shape index (κ1) is 16.5. The Labute approximate surface area is 130 Å². The normalized spacial score (nSPS) is 22.0. The lowest BCUT2D eigenvalue weighted by molar-refractivity contribution is 0.0492. The van der Waals surface area contributed by atoms with Crippen LogP contribution in [-0.4, -0.2) is 28.8 Å². The van der Waals surface area contributed by atoms with Gasteiger partial charge in [-0.2, -0.15) is 4.39 Å². The fourth-order valence-corrected chi connectivity index (χ4v) is 2.62. The van der Waals surface area contributed by atoms with Gasteiger partial charge in [0.25, 0.3) is 0 Å². The number of carbonyl (C=O) groups is 1. The van der Waals surface area contributed by atoms with Crippen molar-refractivity contribution in [2.24, 2.45) is 0 Å². The molecule has 1 aliphatic carbocycles. The Balaban J connectivity index is 1.83. The molecule has 2 rings (SSSR count). The van der Waals surface area contributed by atoms with Gasteiger partial charge in [0.2, 0.25) is 5.95 Å². The summed E-state index contributed by atoms with van der Waals surface area (Å²) in [4.78, 5) is 15.5. The first-order valence-electron chi connectivity index (χ1n) is 7.69. The number of halogens is 1. The molecule has 1 aromatic rings. The lowest BCUT2D eigenvalue weighted by Gasteiger charge is -2.31. The number of anilines is 1. The van der Waals surface area contributed by atoms with E-state index in [1.54, 1.807) is 6.07 Å². The SMILES string of the molecule is CC(C)(C)OC(=O)NC1CCCC(Nc2ccc(F)nc2)C1. The predicted molar refractivity (Wildman–Crippen MR) is 83.2 cm³/mol. The molecule has 2 atom stereocenters. The van der Waals surface area contributed by atoms with E-state index in [1.165, 1.54) is 12.3 Å². The molecule has 1 amide bonds. The second-order valence-electron chi connectivity index (χ2n) is 6.72. The quantitative estimate of drug-likeness (QED) is 0.839. The van der Waals surface area contributed by atoms with Crippen molar-refractivity contribution in [3.8, 4) is 0 Å². The van der Waals surface area contributed by atoms with Crippen molar-refractivity contribution < 1.29 is 13.9 Å². The Morgan fingerprint density at radius 1 is 1.32 bits per heavy atom. The molecule has 2 unspecified atom stereocenters. The number of ether oxygens (including phenoxy) is 1. The van der Waals surface area contributed by atoms with E-state index in [0.29, 0.717) is 0 Å². The van der Waals surface area contributed by atoms with Gasteiger partial charge in [0.1, 0.15) is 5.60 Å². The van der Waals surface area contributed by atoms with Crippen LogP contribution < -0.4 is 10.6 Å². The zero-order valence-corrected chi connectivity index (χ0v) is 13.4. The maximum absolute atomic E-state index is 12.8. The molecule has 0 spiro atoms. The standard InChI is InChI=1S/C16H24FN3O2/c1-16(2,3)22-15(21)20-12-6-4-5-11(9-12)19-13-7-8-14(17)18-10-13/h7-8,10-12,19H,4-6,9H2,1-3H3,(H,20,21). The zero-order chi connectivity index (χ0) is 16.2. The maximum atomic E-state index is 12.8. The average molecular weight is 309 g/mol. The lowest BCUT2D eigenvalue weighted by atomic mass is 9.91. The number of amides is 1. The molecule has 1 aliphatic rings. The summed E-state index contributed by atoms with van der Waals surface area (Å²) in [6.07, 6.45) is 4.91. The molecule has 1 aromatic heterocycles. The highest BCUT2D eigenvalue weighted by molar-refractivity contribution is 5.68. The molecular formula is C16H24FN3O2. The Morgan fingerprint density at radius 3 is 2.68 bits per heavy atom. The molecule has 5 nitrogen and oxygen atoms in total. The Hall–Kier alpha value is -1.85. The minimum absolute atomic E-state index is 0.0921. The van der Waals surface area contributed by atoms with Crippen LogP contribution in [-0.2, 0) is 4.74 Å². The van der Waals surface area contributed by atoms with Crippen molar-refractivity contribution in [3.05, 3.63) is 24.3 Å². The predicted octanol–water partition coefficient (Wildman–Crippen LogP) is 3.47. The van der Waals surface area contributed by atoms with E-state index < -0.39 is 11.5 Å². The van der Waals surface area contributed by atoms with E-state index in [9.17, 15) is 9.18 Å². The van der Waals surface area contributed by atoms with Crippen molar-refractivity contribution in [3.63, 3.8) is 0 Å². The van der Waals surface area contributed by atoms with E-state index in [0.717, 1.165) is 31.4 Å². The van der Waals surface area contributed by atoms with Gasteiger partial charge in [0.05, 0.1) is 11.9 Å². The van der Waals surface area contributed by atoms with E-state index in [4.69, 9.17) is 4.74 Å². The van der Waals surface area contributed by atoms with Crippen LogP contribution >= 0.6 is 0 Å². The van der Waals surface area contributed by atoms with Crippen LogP contribution in [0.1, 0.15) is 46.5 Å². The van der Waals surface area contributed by atoms with Gasteiger partial charge in [-0.1, -0.05) is 0 Å². The largest absolute Gasteiger partial charge is 0.444 e. The Morgan fingerprint density at radius 2 is 2.05 bits per heavy atom. The fraction of sp³-hybridized carbons (Fsp3) is 0.625. The van der Waals surface area contributed by atoms with Crippen molar-refractivity contribution >= 4 is 11.8 Å². The number of nitrogens with zero attached hydrogens (tertiary/aromatic N) is 1. The third-order valence-electron chi connectivity index (χ3n) is 3.49. The Bertz CT molecular complexity index is 499. The van der Waals surface area contributed by atoms with Crippen molar-refractivity contribution in [2.45, 2.75) is 64.1 Å². The highest BCUT2D eigenvalue weighted by atomic mass is 19.1. The van der Waals surface area contributed by atoms with Gasteiger partial charge in [-0.05, 0) is 58.6 Å². The summed E-state index contributed by atoms with van der Waals surface area (Å²) in [5.74, 6) is -0.487. The minimum atomic E-state index is -0.490. The van der Waals surface area contributed by atoms with Crippen LogP contribution in [0.15, 0.2) is 18.3 Å². The summed E-state index contributed by atoms with van der Waals surface area (Å²) >= 11 is 0. The van der Waals surface area contributed by atoms with E-state index >= 15 is 0 Å². The molecule has 1 heterocycles. The van der Waals surface area contributed by atoms with Crippen LogP contribution in [0.4, 0.5) is 14.9 Å². The molecule has 0 saturated heterocycles. The minimum Gasteiger partial charge on any atom is -0.444 e. The van der Waals surface area contributed by atoms with Gasteiger partial charge in [-0.15, -0.1) is 0 Å². The van der Waals surface area contributed by atoms with Crippen LogP contribution in [0.5, 0.6) is 0 Å². The van der Waals surface area contributed by atoms with Crippen LogP contribution in [0.3, 0.4) is 0 Å². The summed E-state index contributed by atoms with van der Waals surface area (Å²) < 4.78 is 18.1. The van der Waals surface area contributed by atoms with E-state index in [-0.39, 0.29) is 18.2 Å². The summed E-state index contributed by atoms with van der Waals surface area (Å²) in [5, 5.41) is 6.26. The first-order chi connectivity index (χ1) is 10.3. The van der Waals surface area contributed by atoms with Gasteiger partial charge in [-0.25, -0.2) is 9.78 Å². The van der Waals surface area contributed by atoms with Crippen LogP contribution in [0.25, 0.3) is 0 Å². The van der Waals surface area contributed by atoms with Gasteiger partial charge in [0.15, 0.2) is 0 Å². The number of carbonyl (C=O) groups excluding carboxylic acids is 1. The van der Waals surface area contributed by atoms with E-state index in [2.05, 4.69) is 15.6 Å². The maximum Gasteiger partial charge on any atom is 0.407 e. The number of hydrogen-bond acceptors (Lipinski definition) is 4. The molecule has 0 bridgehead atoms. The molecule has 22 heavy (non-hydrogen) atoms. The van der Waals surface area contributed by atoms with Crippen LogP contribution in [0, 0.1) is 5.95 Å². The first-order valence-corrected chi connectivity index (χ1v) is 7.69. The van der Waals surface area contributed by atoms with Crippen molar-refractivity contribution in [2.75, 3.05) is 5.32 Å². The number of nitrogens with one attached hydrogen (secondary N) is 2. The third-order valence-corrected chi connectivity index (χ3v) is 3.49. The van der Waals surface area contributed by atoms with E-state index in [1.807, 2.05) is 20.8 Å². The third kappa shape index (κ3) is 5.50. The highest BCUT2D eigenvalue weighted by Crippen LogP contribution is 2.22. The van der Waals surface area contributed by atoms with Crippen LogP contribution in [0.2, 0.25) is 0 Å². The fourth-order valence-electron chi connectivity index (χ4n) is 2.62. The highest BCUT2D eigenvalue weighted by Gasteiger charge is 2.25. The average Bonchev–Trinajstić information content (AvgIpc) is 2.39. The smallest absolute Gasteiger partial charge is 0.407 e. The molecule has 122 valence electrons. The molecule has 2 N–H and O–H groups in total. The van der Waals surface area contributed by atoms with Gasteiger partial charge >= 0.3 is 6.09 Å². The van der Waals surface area contributed by atoms with Crippen molar-refractivity contribution in [1.82, 2.24) is 10.3 Å². The van der Waals surface area contributed by atoms with Gasteiger partial charge in [-0.3, -0.25) is 0 Å². The van der Waals surface area contributed by atoms with Crippen molar-refractivity contribution in [1.29, 1.82) is 0 Å². The molecule has 6 heteroatoms. The lowest BCUT2D eigenvalue weighted by Crippen LogP contribution is -2.43. The molecule has 0 radical (unpaired) electrons. The summed E-state index contributed by atoms with van der Waals surface area (Å²) in [7, 11) is 0. The Kier molecular flexibility index (Phi) is 5.21. The number of pyridine rings is 1. The summed E-state index contributed by atoms with van der Waals surface area (Å²) in [5.41, 5.74) is 0.306. The molecular weight excluding hydrogens is 285 g/mol. The monoisotopic (exact) mass is 309 g/mol. The summed E-state index contributed by atoms with van der Waals surface area (Å²) in [6.45, 7) is 5.54.